The van der Waals surface area contributed by atoms with Gasteiger partial charge in [0.15, 0.2) is 5.75 Å². The molecule has 6 rings (SSSR count). The highest BCUT2D eigenvalue weighted by molar-refractivity contribution is 6.28. The van der Waals surface area contributed by atoms with Crippen molar-refractivity contribution >= 4 is 50.8 Å². The zero-order valence-electron chi connectivity index (χ0n) is 32.7. The number of esters is 1. The minimum absolute atomic E-state index is 0.0373. The molecule has 1 amide bonds. The minimum Gasteiger partial charge on any atom is -0.507 e. The highest BCUT2D eigenvalue weighted by Gasteiger charge is 2.49. The molecule has 0 spiro atoms. The van der Waals surface area contributed by atoms with E-state index in [0.717, 1.165) is 24.0 Å². The summed E-state index contributed by atoms with van der Waals surface area (Å²) >= 11 is 0. The summed E-state index contributed by atoms with van der Waals surface area (Å²) in [7, 11) is 0. The molecule has 2 aliphatic heterocycles. The monoisotopic (exact) mass is 747 g/mol. The van der Waals surface area contributed by atoms with E-state index in [1.807, 2.05) is 44.2 Å². The van der Waals surface area contributed by atoms with Crippen molar-refractivity contribution in [2.75, 3.05) is 5.32 Å². The third-order valence-corrected chi connectivity index (χ3v) is 10.2. The molecular formula is C44H49N3O8. The van der Waals surface area contributed by atoms with Crippen LogP contribution < -0.4 is 10.1 Å². The van der Waals surface area contributed by atoms with Crippen molar-refractivity contribution < 1.29 is 38.8 Å². The molecule has 0 saturated carbocycles. The molecule has 3 atom stereocenters. The molecule has 0 fully saturated rings. The summed E-state index contributed by atoms with van der Waals surface area (Å²) in [6.07, 6.45) is 17.8. The van der Waals surface area contributed by atoms with Gasteiger partial charge in [-0.25, -0.2) is 4.98 Å². The maximum atomic E-state index is 14.4. The van der Waals surface area contributed by atoms with Gasteiger partial charge in [-0.1, -0.05) is 42.4 Å². The molecule has 4 heterocycles. The highest BCUT2D eigenvalue weighted by atomic mass is 16.7. The minimum atomic E-state index is -1.79. The van der Waals surface area contributed by atoms with Crippen LogP contribution in [0.4, 0.5) is 5.69 Å². The van der Waals surface area contributed by atoms with Gasteiger partial charge >= 0.3 is 11.8 Å². The van der Waals surface area contributed by atoms with Gasteiger partial charge in [0.25, 0.3) is 11.7 Å². The number of allylic oxidation sites excluding steroid dienone is 7. The average Bonchev–Trinajstić information content (AvgIpc) is 3.62. The van der Waals surface area contributed by atoms with Gasteiger partial charge in [0.05, 0.1) is 17.2 Å². The van der Waals surface area contributed by atoms with Gasteiger partial charge in [-0.3, -0.25) is 18.8 Å². The Morgan fingerprint density at radius 2 is 1.85 bits per heavy atom. The van der Waals surface area contributed by atoms with E-state index in [9.17, 15) is 24.6 Å². The Balaban J connectivity index is 1.49. The molecule has 288 valence electrons. The quantitative estimate of drug-likeness (QED) is 0.0984. The lowest BCUT2D eigenvalue weighted by Crippen LogP contribution is -2.38. The summed E-state index contributed by atoms with van der Waals surface area (Å²) in [6.45, 7) is 14.3. The zero-order chi connectivity index (χ0) is 39.8. The number of ether oxygens (including phenoxy) is 3. The smallest absolute Gasteiger partial charge is 0.312 e. The van der Waals surface area contributed by atoms with Crippen LogP contribution in [0.15, 0.2) is 77.8 Å². The number of pyridine rings is 1. The van der Waals surface area contributed by atoms with Crippen molar-refractivity contribution in [2.24, 2.45) is 5.92 Å². The number of nitrogens with one attached hydrogen (secondary N) is 1. The van der Waals surface area contributed by atoms with Crippen LogP contribution >= 0.6 is 0 Å². The van der Waals surface area contributed by atoms with E-state index >= 15 is 0 Å². The number of hydrogen-bond donors (Lipinski definition) is 3. The van der Waals surface area contributed by atoms with Crippen LogP contribution in [-0.4, -0.2) is 49.1 Å². The number of anilines is 1. The van der Waals surface area contributed by atoms with Gasteiger partial charge < -0.3 is 29.7 Å². The van der Waals surface area contributed by atoms with Gasteiger partial charge in [-0.15, -0.1) is 0 Å². The fourth-order valence-electron chi connectivity index (χ4n) is 7.24. The molecule has 0 radical (unpaired) electrons. The first-order valence-corrected chi connectivity index (χ1v) is 18.6. The molecule has 11 heteroatoms. The summed E-state index contributed by atoms with van der Waals surface area (Å²) in [6, 6.07) is 3.72. The van der Waals surface area contributed by atoms with Crippen LogP contribution in [0.5, 0.6) is 17.2 Å². The van der Waals surface area contributed by atoms with E-state index in [1.54, 1.807) is 36.6 Å². The number of rotatable bonds is 1. The molecule has 2 aliphatic rings. The molecule has 4 aromatic rings. The number of fused-ring (bicyclic) bond motifs is 2. The lowest BCUT2D eigenvalue weighted by molar-refractivity contribution is -0.144. The first kappa shape index (κ1) is 38.9. The van der Waals surface area contributed by atoms with Crippen molar-refractivity contribution in [3.8, 4) is 17.2 Å². The van der Waals surface area contributed by atoms with Gasteiger partial charge in [-0.2, -0.15) is 0 Å². The Bertz CT molecular complexity index is 2390. The number of nitrogens with zero attached hydrogens (tertiary/aromatic N) is 2. The van der Waals surface area contributed by atoms with Crippen molar-refractivity contribution in [1.29, 1.82) is 0 Å². The summed E-state index contributed by atoms with van der Waals surface area (Å²) in [5.41, 5.74) is 5.09. The van der Waals surface area contributed by atoms with Crippen LogP contribution in [-0.2, 0) is 19.1 Å². The molecule has 2 aromatic heterocycles. The summed E-state index contributed by atoms with van der Waals surface area (Å²) in [5.74, 6) is -3.58. The maximum absolute atomic E-state index is 14.4. The van der Waals surface area contributed by atoms with Crippen molar-refractivity contribution in [1.82, 2.24) is 9.38 Å². The largest absolute Gasteiger partial charge is 0.507 e. The Labute approximate surface area is 320 Å². The van der Waals surface area contributed by atoms with Crippen molar-refractivity contribution in [3.05, 3.63) is 94.5 Å². The first-order chi connectivity index (χ1) is 26.1. The lowest BCUT2D eigenvalue weighted by Gasteiger charge is -2.21. The van der Waals surface area contributed by atoms with E-state index in [4.69, 9.17) is 19.2 Å². The molecule has 55 heavy (non-hydrogen) atoms. The van der Waals surface area contributed by atoms with Gasteiger partial charge in [0.1, 0.15) is 40.0 Å². The van der Waals surface area contributed by atoms with E-state index in [2.05, 4.69) is 25.2 Å². The number of imidazole rings is 1. The number of aromatic hydroxyl groups is 2. The predicted octanol–water partition coefficient (Wildman–Crippen LogP) is 9.36. The number of phenolic OH excluding ortho intramolecular Hbond substituents is 2. The van der Waals surface area contributed by atoms with Gasteiger partial charge in [0, 0.05) is 36.6 Å². The van der Waals surface area contributed by atoms with E-state index in [0.29, 0.717) is 36.0 Å². The Hall–Kier alpha value is -5.84. The van der Waals surface area contributed by atoms with Crippen LogP contribution in [0.1, 0.15) is 95.1 Å². The molecular weight excluding hydrogens is 698 g/mol. The molecule has 4 bridgehead atoms. The second-order valence-corrected chi connectivity index (χ2v) is 15.0. The maximum Gasteiger partial charge on any atom is 0.312 e. The second-order valence-electron chi connectivity index (χ2n) is 15.0. The van der Waals surface area contributed by atoms with Gasteiger partial charge in [-0.05, 0) is 102 Å². The normalized spacial score (nSPS) is 23.8. The van der Waals surface area contributed by atoms with E-state index in [-0.39, 0.29) is 62.6 Å². The van der Waals surface area contributed by atoms with Gasteiger partial charge in [0.2, 0.25) is 0 Å². The predicted molar refractivity (Wildman–Crippen MR) is 213 cm³/mol. The third kappa shape index (κ3) is 7.74. The number of amides is 1. The fraction of sp³-hybridized carbons (Fsp3) is 0.364. The summed E-state index contributed by atoms with van der Waals surface area (Å²) < 4.78 is 19.5. The topological polar surface area (TPSA) is 149 Å². The number of ketones is 1. The van der Waals surface area contributed by atoms with Crippen LogP contribution in [0, 0.1) is 19.8 Å². The number of hydrogen-bond acceptors (Lipinski definition) is 9. The lowest BCUT2D eigenvalue weighted by atomic mass is 9.93. The molecule has 2 aromatic carbocycles. The molecule has 3 N–H and O–H groups in total. The number of carbonyl (C=O) groups is 3. The van der Waals surface area contributed by atoms with Crippen LogP contribution in [0.2, 0.25) is 0 Å². The molecule has 11 nitrogen and oxygen atoms in total. The number of benzene rings is 2. The summed E-state index contributed by atoms with van der Waals surface area (Å²) in [4.78, 5) is 44.9. The van der Waals surface area contributed by atoms with E-state index < -0.39 is 23.2 Å². The third-order valence-electron chi connectivity index (χ3n) is 10.2. The molecule has 0 saturated heterocycles. The highest BCUT2D eigenvalue weighted by Crippen LogP contribution is 2.54. The van der Waals surface area contributed by atoms with E-state index in [1.165, 1.54) is 25.7 Å². The standard InChI is InChI=1S/C44H49N3O8/c1-24-13-12-14-28(5)43(52)46-37-38-36(45-32-23-27(4)18-19-47(32)38)33-34(40(37)50)39(49)29(6)41-35(33)42(51)44(8,55-41)53-20-11-9-10-15-31(54-30(7)48)22-26(3)17-16-25(2)21-24/h11-14,16,18-20,22-24,31,49-50H,9-10,15,17,21H2,1-8H3,(H,46,52)/b13-12+,20-11+,25-16?,26-22?,28-14+/t24-,31+,44-/m0/s1. The number of aryl methyl sites for hydroxylation is 1. The zero-order valence-corrected chi connectivity index (χ0v) is 32.7. The second kappa shape index (κ2) is 15.5. The van der Waals surface area contributed by atoms with Crippen LogP contribution in [0.25, 0.3) is 27.5 Å². The number of aromatic nitrogens is 2. The number of Topliss-reactive ketones (excluding diaryl/α,β-unsaturated/α-hetero) is 1. The van der Waals surface area contributed by atoms with Crippen molar-refractivity contribution in [2.45, 2.75) is 99.4 Å². The van der Waals surface area contributed by atoms with Crippen LogP contribution in [0.3, 0.4) is 0 Å². The number of carbonyl (C=O) groups excluding carboxylic acids is 3. The fourth-order valence-corrected chi connectivity index (χ4v) is 7.24. The Morgan fingerprint density at radius 3 is 2.60 bits per heavy atom. The summed E-state index contributed by atoms with van der Waals surface area (Å²) in [5, 5.41) is 26.7. The number of phenols is 2. The first-order valence-electron chi connectivity index (χ1n) is 18.6. The molecule has 0 unspecified atom stereocenters. The Kier molecular flexibility index (Phi) is 10.9. The average molecular weight is 748 g/mol. The molecule has 0 aliphatic carbocycles. The Morgan fingerprint density at radius 1 is 1.09 bits per heavy atom. The SMILES string of the molecule is CC(=O)O[C@H]1C=C(C)CC=C(C)C[C@@H](C)/C=C/C=C(\C)C(=O)Nc2c(O)c3c(O)c(C)c4c(c3c3nc5cc(C)ccn5c23)C(=O)[C@@](C)(O/C=C/CCC1)O4. The van der Waals surface area contributed by atoms with Crippen molar-refractivity contribution in [3.63, 3.8) is 0 Å².